The summed E-state index contributed by atoms with van der Waals surface area (Å²) in [6.07, 6.45) is 20.4. The van der Waals surface area contributed by atoms with Crippen LogP contribution in [0.3, 0.4) is 0 Å². The van der Waals surface area contributed by atoms with E-state index in [1.807, 2.05) is 0 Å². The van der Waals surface area contributed by atoms with Crippen LogP contribution in [-0.4, -0.2) is 87.8 Å². The van der Waals surface area contributed by atoms with E-state index >= 15 is 0 Å². The van der Waals surface area contributed by atoms with Gasteiger partial charge in [0.15, 0.2) is 23.3 Å². The van der Waals surface area contributed by atoms with Gasteiger partial charge in [-0.2, -0.15) is 0 Å². The van der Waals surface area contributed by atoms with Crippen LogP contribution in [-0.2, 0) is 38.7 Å². The largest absolute Gasteiger partial charge is 2.00 e. The van der Waals surface area contributed by atoms with E-state index < -0.39 is 36.1 Å². The first-order valence-electron chi connectivity index (χ1n) is 9.63. The summed E-state index contributed by atoms with van der Waals surface area (Å²) in [6.45, 7) is 0. The average Bonchev–Trinajstić information content (AvgIpc) is 3.56. The summed E-state index contributed by atoms with van der Waals surface area (Å²) >= 11 is 0. The summed E-state index contributed by atoms with van der Waals surface area (Å²) in [4.78, 5) is 27.8. The summed E-state index contributed by atoms with van der Waals surface area (Å²) in [5, 5.41) is 0. The Labute approximate surface area is 233 Å². The second kappa shape index (κ2) is 22.1. The third kappa shape index (κ3) is 35.2. The number of rotatable bonds is 2. The van der Waals surface area contributed by atoms with Gasteiger partial charge in [0, 0.05) is 96.2 Å². The molecule has 1 radical (unpaired) electrons. The fraction of sp³-hybridized carbons (Fsp3) is 0.250. The van der Waals surface area contributed by atoms with E-state index in [1.165, 1.54) is 0 Å². The van der Waals surface area contributed by atoms with Gasteiger partial charge in [-0.25, -0.2) is 19.9 Å². The van der Waals surface area contributed by atoms with Crippen molar-refractivity contribution in [1.82, 2.24) is 39.9 Å². The number of hydrogen-bond donors (Lipinski definition) is 4. The molecule has 4 rings (SSSR count). The molecule has 4 aromatic rings. The van der Waals surface area contributed by atoms with Gasteiger partial charge in [-0.15, -0.1) is 0 Å². The van der Waals surface area contributed by atoms with Crippen molar-refractivity contribution >= 4 is 36.1 Å². The van der Waals surface area contributed by atoms with Gasteiger partial charge in [0.05, 0.1) is 0 Å². The number of aromatic amines is 4. The molecule has 0 amide bonds. The van der Waals surface area contributed by atoms with Gasteiger partial charge >= 0.3 is 31.6 Å². The van der Waals surface area contributed by atoms with Crippen LogP contribution in [0.1, 0.15) is 0 Å². The van der Waals surface area contributed by atoms with E-state index in [2.05, 4.69) is 39.9 Å². The first-order valence-corrected chi connectivity index (χ1v) is 13.6. The quantitative estimate of drug-likeness (QED) is 0.187. The number of nitrogens with zero attached hydrogens (tertiary/aromatic N) is 4. The maximum Gasteiger partial charge on any atom is 2.00 e. The van der Waals surface area contributed by atoms with Gasteiger partial charge in [0.2, 0.25) is 0 Å². The first-order chi connectivity index (χ1) is 17.4. The second-order valence-electron chi connectivity index (χ2n) is 6.22. The van der Waals surface area contributed by atoms with E-state index in [4.69, 9.17) is 0 Å². The molecule has 0 aliphatic heterocycles. The van der Waals surface area contributed by atoms with Gasteiger partial charge in [0.25, 0.3) is 0 Å². The minimum Gasteiger partial charge on any atom is -0.418 e. The number of imidazole rings is 4. The molecule has 0 aromatic carbocycles. The Morgan fingerprint density at radius 1 is 0.513 bits per heavy atom. The third-order valence-electron chi connectivity index (χ3n) is 2.44. The molecular formula is C16H24B2CuF8N8O2S2. The Hall–Kier alpha value is -2.77. The SMILES string of the molecule is CS(C)=O.CS(C)=O.F[B-](F)(F)F.F[B-](F)(F)F.[Cu+2].c1c[nH]c(-c2ncc[nH]2)n1.c1c[nH]c(-c2ncc[nH]2)n1. The molecule has 0 saturated heterocycles. The summed E-state index contributed by atoms with van der Waals surface area (Å²) < 4.78 is 97.1. The van der Waals surface area contributed by atoms with Gasteiger partial charge < -0.3 is 54.5 Å². The molecule has 4 N–H and O–H groups in total. The van der Waals surface area contributed by atoms with Crippen LogP contribution in [0.25, 0.3) is 23.3 Å². The van der Waals surface area contributed by atoms with Crippen LogP contribution in [0.2, 0.25) is 0 Å². The van der Waals surface area contributed by atoms with Crippen molar-refractivity contribution in [2.45, 2.75) is 0 Å². The number of halogens is 8. The van der Waals surface area contributed by atoms with Crippen molar-refractivity contribution in [2.24, 2.45) is 0 Å². The molecule has 0 saturated carbocycles. The van der Waals surface area contributed by atoms with Crippen molar-refractivity contribution in [3.05, 3.63) is 49.6 Å². The third-order valence-corrected chi connectivity index (χ3v) is 2.44. The molecule has 0 fully saturated rings. The number of aromatic nitrogens is 8. The normalized spacial score (nSPS) is 10.0. The summed E-state index contributed by atoms with van der Waals surface area (Å²) in [7, 11) is -13.2. The topological polar surface area (TPSA) is 149 Å². The minimum absolute atomic E-state index is 0. The van der Waals surface area contributed by atoms with Crippen LogP contribution in [0.4, 0.5) is 34.5 Å². The van der Waals surface area contributed by atoms with E-state index in [0.29, 0.717) is 0 Å². The zero-order valence-electron chi connectivity index (χ0n) is 20.5. The monoisotopic (exact) mass is 661 g/mol. The van der Waals surface area contributed by atoms with Crippen molar-refractivity contribution < 1.29 is 60.0 Å². The van der Waals surface area contributed by atoms with Crippen LogP contribution < -0.4 is 0 Å². The van der Waals surface area contributed by atoms with E-state index in [1.54, 1.807) is 74.6 Å². The Kier molecular flexibility index (Phi) is 23.1. The molecule has 0 bridgehead atoms. The van der Waals surface area contributed by atoms with E-state index in [0.717, 1.165) is 23.3 Å². The van der Waals surface area contributed by atoms with Crippen molar-refractivity contribution in [3.63, 3.8) is 0 Å². The van der Waals surface area contributed by atoms with E-state index in [-0.39, 0.29) is 17.1 Å². The number of nitrogens with one attached hydrogen (secondary N) is 4. The zero-order valence-corrected chi connectivity index (χ0v) is 23.1. The Morgan fingerprint density at radius 2 is 0.641 bits per heavy atom. The molecule has 225 valence electrons. The maximum absolute atomic E-state index is 9.75. The molecule has 10 nitrogen and oxygen atoms in total. The summed E-state index contributed by atoms with van der Waals surface area (Å²) in [5.74, 6) is 3.07. The van der Waals surface area contributed by atoms with Crippen molar-refractivity contribution in [3.8, 4) is 23.3 Å². The fourth-order valence-electron chi connectivity index (χ4n) is 1.58. The minimum atomic E-state index is -6.00. The Bertz CT molecular complexity index is 930. The van der Waals surface area contributed by atoms with Crippen LogP contribution in [0.15, 0.2) is 49.6 Å². The molecule has 0 aliphatic rings. The summed E-state index contributed by atoms with van der Waals surface area (Å²) in [6, 6.07) is 0. The standard InChI is InChI=1S/2C6H6N4.2C2H6OS.2BF4.Cu/c2*1-2-8-5(7-1)6-9-3-4-10-6;2*1-4(2)3;2*2-1(3,4)5;/h2*1-4H,(H,7,8)(H,9,10);2*1-2H3;;;/q;;;;2*-1;+2. The molecule has 23 heteroatoms. The molecule has 4 aromatic heterocycles. The second-order valence-corrected chi connectivity index (χ2v) is 9.19. The van der Waals surface area contributed by atoms with Crippen LogP contribution in [0, 0.1) is 0 Å². The molecule has 39 heavy (non-hydrogen) atoms. The molecule has 0 atom stereocenters. The molecule has 0 aliphatic carbocycles. The molecule has 0 spiro atoms. The predicted molar refractivity (Wildman–Crippen MR) is 133 cm³/mol. The summed E-state index contributed by atoms with van der Waals surface area (Å²) in [5.41, 5.74) is 0. The smallest absolute Gasteiger partial charge is 0.418 e. The maximum atomic E-state index is 9.75. The van der Waals surface area contributed by atoms with Gasteiger partial charge in [-0.1, -0.05) is 0 Å². The molecular weight excluding hydrogens is 638 g/mol. The van der Waals surface area contributed by atoms with Gasteiger partial charge in [-0.3, -0.25) is 8.42 Å². The average molecular weight is 662 g/mol. The Morgan fingerprint density at radius 3 is 0.718 bits per heavy atom. The number of hydrogen-bond acceptors (Lipinski definition) is 6. The van der Waals surface area contributed by atoms with Crippen molar-refractivity contribution in [2.75, 3.05) is 25.0 Å². The predicted octanol–water partition coefficient (Wildman–Crippen LogP) is 4.19. The van der Waals surface area contributed by atoms with Crippen molar-refractivity contribution in [1.29, 1.82) is 0 Å². The Balaban J connectivity index is -0.000000420. The van der Waals surface area contributed by atoms with Crippen LogP contribution >= 0.6 is 0 Å². The molecule has 4 heterocycles. The number of H-pyrrole nitrogens is 4. The van der Waals surface area contributed by atoms with Gasteiger partial charge in [0.1, 0.15) is 0 Å². The van der Waals surface area contributed by atoms with Crippen LogP contribution in [0.5, 0.6) is 0 Å². The van der Waals surface area contributed by atoms with E-state index in [9.17, 15) is 42.9 Å². The zero-order chi connectivity index (χ0) is 29.8. The molecule has 0 unspecified atom stereocenters. The fourth-order valence-corrected chi connectivity index (χ4v) is 1.58. The first kappa shape index (κ1) is 40.7. The van der Waals surface area contributed by atoms with Gasteiger partial charge in [-0.05, 0) is 0 Å².